The van der Waals surface area contributed by atoms with Gasteiger partial charge >= 0.3 is 24.2 Å². The lowest BCUT2D eigenvalue weighted by molar-refractivity contribution is -0.384. The van der Waals surface area contributed by atoms with Gasteiger partial charge in [-0.3, -0.25) is 14.9 Å². The molecule has 5 nitrogen and oxygen atoms in total. The Bertz CT molecular complexity index is 1090. The minimum atomic E-state index is -6.56. The van der Waals surface area contributed by atoms with Gasteiger partial charge in [0.05, 0.1) is 16.2 Å². The van der Waals surface area contributed by atoms with E-state index in [1.165, 1.54) is 11.4 Å². The van der Waals surface area contributed by atoms with Crippen LogP contribution in [0.25, 0.3) is 0 Å². The lowest BCUT2D eigenvalue weighted by Crippen LogP contribution is -2.50. The van der Waals surface area contributed by atoms with E-state index in [-0.39, 0.29) is 23.2 Å². The number of hydrogen-bond acceptors (Lipinski definition) is 3. The van der Waals surface area contributed by atoms with Gasteiger partial charge in [0.15, 0.2) is 0 Å². The van der Waals surface area contributed by atoms with Crippen LogP contribution in [0.5, 0.6) is 0 Å². The third-order valence-electron chi connectivity index (χ3n) is 4.39. The first-order valence-corrected chi connectivity index (χ1v) is 10.2. The van der Waals surface area contributed by atoms with E-state index in [0.29, 0.717) is 6.92 Å². The first-order chi connectivity index (χ1) is 16.7. The zero-order chi connectivity index (χ0) is 29.6. The molecule has 0 aromatic heterocycles. The number of nitro groups is 1. The Labute approximate surface area is 208 Å². The van der Waals surface area contributed by atoms with Gasteiger partial charge < -0.3 is 5.32 Å². The minimum Gasteiger partial charge on any atom is -0.328 e. The largest absolute Gasteiger partial charge is 0.435 e. The molecule has 0 aliphatic carbocycles. The number of carbonyl (C=O) groups is 1. The van der Waals surface area contributed by atoms with Crippen LogP contribution >= 0.6 is 11.6 Å². The SMILES string of the molecule is CC.Cc1cc(C(F)(C(F)(F)F)C(F)(F)F)cc(C(F)(F)F)c1NC=O.Cc1cccc([N+](=O)[O-])c1Cl. The summed E-state index contributed by atoms with van der Waals surface area (Å²) < 4.78 is 128. The second kappa shape index (κ2) is 12.4. The van der Waals surface area contributed by atoms with Crippen LogP contribution in [0.15, 0.2) is 30.3 Å². The first-order valence-electron chi connectivity index (χ1n) is 9.84. The standard InChI is InChI=1S/C12H7F10NO.C7H6ClNO2.C2H6/c1-5-2-6(9(13,11(17,18)19)12(20,21)22)3-7(10(14,15)16)8(5)23-4-24;1-5-3-2-4-6(7(5)8)9(10)11;1-2/h2-4H,1H3,(H,23,24);2-4H,1H3;1-2H3. The summed E-state index contributed by atoms with van der Waals surface area (Å²) in [5.41, 5.74) is -11.6. The Morgan fingerprint density at radius 1 is 0.892 bits per heavy atom. The van der Waals surface area contributed by atoms with E-state index in [9.17, 15) is 58.8 Å². The van der Waals surface area contributed by atoms with Crippen LogP contribution in [0.1, 0.15) is 36.1 Å². The monoisotopic (exact) mass is 572 g/mol. The minimum absolute atomic E-state index is 0.0355. The molecular formula is C21H19ClF10N2O3. The van der Waals surface area contributed by atoms with Crippen molar-refractivity contribution < 1.29 is 53.6 Å². The van der Waals surface area contributed by atoms with E-state index < -0.39 is 57.6 Å². The third kappa shape index (κ3) is 7.69. The molecule has 37 heavy (non-hydrogen) atoms. The maximum atomic E-state index is 13.9. The highest BCUT2D eigenvalue weighted by Gasteiger charge is 2.73. The van der Waals surface area contributed by atoms with Crippen LogP contribution in [-0.2, 0) is 16.6 Å². The highest BCUT2D eigenvalue weighted by atomic mass is 35.5. The van der Waals surface area contributed by atoms with Crippen LogP contribution in [-0.4, -0.2) is 23.7 Å². The molecule has 0 heterocycles. The highest BCUT2D eigenvalue weighted by molar-refractivity contribution is 6.33. The molecule has 2 rings (SSSR count). The highest BCUT2D eigenvalue weighted by Crippen LogP contribution is 2.54. The number of anilines is 1. The normalized spacial score (nSPS) is 12.0. The second-order valence-corrected chi connectivity index (χ2v) is 7.17. The number of amides is 1. The first kappa shape index (κ1) is 33.9. The molecule has 2 aromatic carbocycles. The second-order valence-electron chi connectivity index (χ2n) is 6.79. The van der Waals surface area contributed by atoms with Crippen LogP contribution in [0.2, 0.25) is 5.02 Å². The van der Waals surface area contributed by atoms with Gasteiger partial charge in [0.25, 0.3) is 5.69 Å². The van der Waals surface area contributed by atoms with E-state index in [2.05, 4.69) is 0 Å². The number of nitrogens with one attached hydrogen (secondary N) is 1. The molecule has 1 N–H and O–H groups in total. The van der Waals surface area contributed by atoms with Crippen LogP contribution in [0, 0.1) is 24.0 Å². The summed E-state index contributed by atoms with van der Waals surface area (Å²) in [6, 6.07) is 4.05. The number of aryl methyl sites for hydroxylation is 2. The van der Waals surface area contributed by atoms with Gasteiger partial charge in [-0.05, 0) is 31.0 Å². The van der Waals surface area contributed by atoms with Crippen molar-refractivity contribution >= 4 is 29.4 Å². The molecule has 208 valence electrons. The maximum Gasteiger partial charge on any atom is 0.435 e. The van der Waals surface area contributed by atoms with Crippen molar-refractivity contribution in [2.24, 2.45) is 0 Å². The molecule has 0 bridgehead atoms. The predicted molar refractivity (Wildman–Crippen MR) is 115 cm³/mol. The van der Waals surface area contributed by atoms with Crippen LogP contribution < -0.4 is 5.32 Å². The van der Waals surface area contributed by atoms with Crippen molar-refractivity contribution in [3.8, 4) is 0 Å². The molecule has 0 aliphatic heterocycles. The van der Waals surface area contributed by atoms with Crippen molar-refractivity contribution in [2.45, 2.75) is 51.9 Å². The average Bonchev–Trinajstić information content (AvgIpc) is 2.75. The Morgan fingerprint density at radius 3 is 1.73 bits per heavy atom. The Morgan fingerprint density at radius 2 is 1.38 bits per heavy atom. The average molecular weight is 573 g/mol. The number of alkyl halides is 10. The summed E-state index contributed by atoms with van der Waals surface area (Å²) in [6.07, 6.45) is -18.8. The molecule has 0 saturated heterocycles. The molecule has 16 heteroatoms. The van der Waals surface area contributed by atoms with Gasteiger partial charge in [0, 0.05) is 11.6 Å². The predicted octanol–water partition coefficient (Wildman–Crippen LogP) is 8.45. The number of nitro benzene ring substituents is 1. The van der Waals surface area contributed by atoms with Gasteiger partial charge in [-0.15, -0.1) is 0 Å². The zero-order valence-electron chi connectivity index (χ0n) is 19.3. The number of carbonyl (C=O) groups excluding carboxylic acids is 1. The Balaban J connectivity index is 0.000000827. The summed E-state index contributed by atoms with van der Waals surface area (Å²) in [7, 11) is 0. The molecule has 0 unspecified atom stereocenters. The smallest absolute Gasteiger partial charge is 0.328 e. The lowest BCUT2D eigenvalue weighted by Gasteiger charge is -2.31. The molecular weight excluding hydrogens is 554 g/mol. The molecule has 0 atom stereocenters. The number of nitrogens with zero attached hydrogens (tertiary/aromatic N) is 1. The molecule has 0 saturated carbocycles. The van der Waals surface area contributed by atoms with Crippen molar-refractivity contribution in [3.63, 3.8) is 0 Å². The van der Waals surface area contributed by atoms with Crippen molar-refractivity contribution in [1.82, 2.24) is 0 Å². The fourth-order valence-electron chi connectivity index (χ4n) is 2.72. The third-order valence-corrected chi connectivity index (χ3v) is 4.88. The van der Waals surface area contributed by atoms with Gasteiger partial charge in [0.1, 0.15) is 5.02 Å². The Hall–Kier alpha value is -3.10. The summed E-state index contributed by atoms with van der Waals surface area (Å²) >= 11 is 5.65. The van der Waals surface area contributed by atoms with Crippen molar-refractivity contribution in [3.05, 3.63) is 67.7 Å². The van der Waals surface area contributed by atoms with E-state index in [1.807, 2.05) is 13.8 Å². The molecule has 0 spiro atoms. The van der Waals surface area contributed by atoms with Crippen LogP contribution in [0.4, 0.5) is 55.3 Å². The fourth-order valence-corrected chi connectivity index (χ4v) is 2.92. The quantitative estimate of drug-likeness (QED) is 0.173. The van der Waals surface area contributed by atoms with E-state index >= 15 is 0 Å². The van der Waals surface area contributed by atoms with E-state index in [0.717, 1.165) is 5.56 Å². The van der Waals surface area contributed by atoms with E-state index in [1.54, 1.807) is 19.1 Å². The topological polar surface area (TPSA) is 72.2 Å². The molecule has 0 radical (unpaired) electrons. The zero-order valence-corrected chi connectivity index (χ0v) is 20.0. The summed E-state index contributed by atoms with van der Waals surface area (Å²) in [5, 5.41) is 12.0. The fraction of sp³-hybridized carbons (Fsp3) is 0.381. The molecule has 0 fully saturated rings. The maximum absolute atomic E-state index is 13.9. The van der Waals surface area contributed by atoms with Crippen LogP contribution in [0.3, 0.4) is 0 Å². The van der Waals surface area contributed by atoms with Gasteiger partial charge in [-0.2, -0.15) is 39.5 Å². The number of hydrogen-bond donors (Lipinski definition) is 1. The van der Waals surface area contributed by atoms with Gasteiger partial charge in [0.2, 0.25) is 6.41 Å². The van der Waals surface area contributed by atoms with Gasteiger partial charge in [-0.1, -0.05) is 43.6 Å². The molecule has 0 aliphatic rings. The van der Waals surface area contributed by atoms with Gasteiger partial charge in [-0.25, -0.2) is 4.39 Å². The number of halogens is 11. The Kier molecular flexibility index (Phi) is 11.4. The summed E-state index contributed by atoms with van der Waals surface area (Å²) in [5.74, 6) is 0. The van der Waals surface area contributed by atoms with E-state index in [4.69, 9.17) is 11.6 Å². The summed E-state index contributed by atoms with van der Waals surface area (Å²) in [6.45, 7) is 6.42. The summed E-state index contributed by atoms with van der Waals surface area (Å²) in [4.78, 5) is 20.1. The molecule has 2 aromatic rings. The molecule has 1 amide bonds. The number of benzene rings is 2. The van der Waals surface area contributed by atoms with Crippen molar-refractivity contribution in [2.75, 3.05) is 5.32 Å². The van der Waals surface area contributed by atoms with Crippen molar-refractivity contribution in [1.29, 1.82) is 0 Å². The lowest BCUT2D eigenvalue weighted by atomic mass is 9.90. The number of rotatable bonds is 4.